The van der Waals surface area contributed by atoms with E-state index >= 15 is 0 Å². The Morgan fingerprint density at radius 2 is 2.47 bits per heavy atom. The third kappa shape index (κ3) is 3.63. The summed E-state index contributed by atoms with van der Waals surface area (Å²) in [6, 6.07) is 3.38. The van der Waals surface area contributed by atoms with Gasteiger partial charge in [0.25, 0.3) is 0 Å². The summed E-state index contributed by atoms with van der Waals surface area (Å²) in [5, 5.41) is 0.649. The lowest BCUT2D eigenvalue weighted by atomic mass is 10.1. The molecule has 2 heterocycles. The van der Waals surface area contributed by atoms with E-state index in [1.54, 1.807) is 18.3 Å². The molecule has 0 aromatic carbocycles. The number of alkyl halides is 1. The predicted molar refractivity (Wildman–Crippen MR) is 66.7 cm³/mol. The molecule has 2 N–H and O–H groups in total. The molecule has 2 atom stereocenters. The lowest BCUT2D eigenvalue weighted by Gasteiger charge is -2.17. The number of halogens is 2. The fraction of sp³-hybridized carbons (Fsp3) is 0.583. The van der Waals surface area contributed by atoms with Crippen LogP contribution in [0.4, 0.5) is 4.39 Å². The first-order valence-corrected chi connectivity index (χ1v) is 6.26. The third-order valence-electron chi connectivity index (χ3n) is 3.09. The van der Waals surface area contributed by atoms with Crippen molar-refractivity contribution in [3.8, 4) is 0 Å². The molecule has 1 aliphatic rings. The standard InChI is InChI=1S/C12H17ClFN3/c13-9-1-4-16-12(7-9)11(15)3-6-17-5-2-10(14)8-17/h1,4,7,10-11H,2-3,5-6,8,15H2. The average molecular weight is 258 g/mol. The number of nitrogens with zero attached hydrogens (tertiary/aromatic N) is 2. The maximum absolute atomic E-state index is 13.0. The van der Waals surface area contributed by atoms with E-state index in [4.69, 9.17) is 17.3 Å². The van der Waals surface area contributed by atoms with Crippen molar-refractivity contribution in [2.24, 2.45) is 5.73 Å². The first-order chi connectivity index (χ1) is 8.15. The lowest BCUT2D eigenvalue weighted by Crippen LogP contribution is -2.26. The molecule has 0 amide bonds. The first kappa shape index (κ1) is 12.7. The summed E-state index contributed by atoms with van der Waals surface area (Å²) in [6.07, 6.45) is 2.41. The van der Waals surface area contributed by atoms with Gasteiger partial charge in [0.2, 0.25) is 0 Å². The molecule has 2 rings (SSSR count). The second kappa shape index (κ2) is 5.76. The fourth-order valence-electron chi connectivity index (χ4n) is 2.08. The molecule has 5 heteroatoms. The smallest absolute Gasteiger partial charge is 0.114 e. The quantitative estimate of drug-likeness (QED) is 0.899. The topological polar surface area (TPSA) is 42.1 Å². The Balaban J connectivity index is 1.83. The average Bonchev–Trinajstić information content (AvgIpc) is 2.72. The van der Waals surface area contributed by atoms with E-state index in [1.807, 2.05) is 0 Å². The van der Waals surface area contributed by atoms with Crippen molar-refractivity contribution in [3.63, 3.8) is 0 Å². The van der Waals surface area contributed by atoms with Crippen molar-refractivity contribution >= 4 is 11.6 Å². The lowest BCUT2D eigenvalue weighted by molar-refractivity contribution is 0.279. The zero-order chi connectivity index (χ0) is 12.3. The fourth-order valence-corrected chi connectivity index (χ4v) is 2.25. The molecule has 3 nitrogen and oxygen atoms in total. The maximum Gasteiger partial charge on any atom is 0.114 e. The summed E-state index contributed by atoms with van der Waals surface area (Å²) in [7, 11) is 0. The minimum Gasteiger partial charge on any atom is -0.323 e. The van der Waals surface area contributed by atoms with E-state index in [9.17, 15) is 4.39 Å². The van der Waals surface area contributed by atoms with Gasteiger partial charge in [-0.2, -0.15) is 0 Å². The minimum absolute atomic E-state index is 0.132. The van der Waals surface area contributed by atoms with Gasteiger partial charge in [-0.25, -0.2) is 4.39 Å². The van der Waals surface area contributed by atoms with Gasteiger partial charge in [-0.1, -0.05) is 11.6 Å². The van der Waals surface area contributed by atoms with Crippen LogP contribution in [0.15, 0.2) is 18.3 Å². The Morgan fingerprint density at radius 1 is 1.65 bits per heavy atom. The molecule has 1 aromatic heterocycles. The highest BCUT2D eigenvalue weighted by Crippen LogP contribution is 2.18. The van der Waals surface area contributed by atoms with Crippen LogP contribution in [-0.2, 0) is 0 Å². The number of hydrogen-bond acceptors (Lipinski definition) is 3. The van der Waals surface area contributed by atoms with Crippen LogP contribution in [0.1, 0.15) is 24.6 Å². The van der Waals surface area contributed by atoms with Crippen molar-refractivity contribution in [1.82, 2.24) is 9.88 Å². The van der Waals surface area contributed by atoms with Crippen molar-refractivity contribution in [2.75, 3.05) is 19.6 Å². The SMILES string of the molecule is NC(CCN1CCC(F)C1)c1cc(Cl)ccn1. The summed E-state index contributed by atoms with van der Waals surface area (Å²) in [5.41, 5.74) is 6.83. The van der Waals surface area contributed by atoms with Crippen molar-refractivity contribution in [3.05, 3.63) is 29.0 Å². The molecule has 2 unspecified atom stereocenters. The highest BCUT2D eigenvalue weighted by molar-refractivity contribution is 6.30. The molecule has 0 radical (unpaired) electrons. The van der Waals surface area contributed by atoms with E-state index < -0.39 is 6.17 Å². The summed E-state index contributed by atoms with van der Waals surface area (Å²) in [4.78, 5) is 6.30. The van der Waals surface area contributed by atoms with Crippen molar-refractivity contribution in [1.29, 1.82) is 0 Å². The Morgan fingerprint density at radius 3 is 3.12 bits per heavy atom. The molecule has 1 fully saturated rings. The number of rotatable bonds is 4. The number of likely N-dealkylation sites (tertiary alicyclic amines) is 1. The van der Waals surface area contributed by atoms with Gasteiger partial charge < -0.3 is 10.6 Å². The zero-order valence-electron chi connectivity index (χ0n) is 9.65. The van der Waals surface area contributed by atoms with Crippen LogP contribution in [0, 0.1) is 0 Å². The van der Waals surface area contributed by atoms with Crippen LogP contribution in [-0.4, -0.2) is 35.7 Å². The largest absolute Gasteiger partial charge is 0.323 e. The van der Waals surface area contributed by atoms with Crippen LogP contribution >= 0.6 is 11.6 Å². The molecule has 0 saturated carbocycles. The van der Waals surface area contributed by atoms with Crippen LogP contribution in [0.3, 0.4) is 0 Å². The highest BCUT2D eigenvalue weighted by Gasteiger charge is 2.22. The molecule has 1 saturated heterocycles. The monoisotopic (exact) mass is 257 g/mol. The highest BCUT2D eigenvalue weighted by atomic mass is 35.5. The van der Waals surface area contributed by atoms with Gasteiger partial charge in [-0.05, 0) is 25.0 Å². The van der Waals surface area contributed by atoms with Crippen LogP contribution in [0.2, 0.25) is 5.02 Å². The van der Waals surface area contributed by atoms with Gasteiger partial charge >= 0.3 is 0 Å². The van der Waals surface area contributed by atoms with E-state index in [0.717, 1.165) is 25.2 Å². The van der Waals surface area contributed by atoms with Gasteiger partial charge in [0.05, 0.1) is 5.69 Å². The van der Waals surface area contributed by atoms with Gasteiger partial charge in [0.15, 0.2) is 0 Å². The van der Waals surface area contributed by atoms with Crippen LogP contribution < -0.4 is 5.73 Å². The van der Waals surface area contributed by atoms with Crippen LogP contribution in [0.25, 0.3) is 0 Å². The predicted octanol–water partition coefficient (Wildman–Crippen LogP) is 2.17. The van der Waals surface area contributed by atoms with E-state index in [1.165, 1.54) is 0 Å². The van der Waals surface area contributed by atoms with Gasteiger partial charge in [-0.15, -0.1) is 0 Å². The molecule has 0 bridgehead atoms. The Kier molecular flexibility index (Phi) is 4.31. The number of hydrogen-bond donors (Lipinski definition) is 1. The number of pyridine rings is 1. The first-order valence-electron chi connectivity index (χ1n) is 5.88. The number of aromatic nitrogens is 1. The molecular formula is C12H17ClFN3. The zero-order valence-corrected chi connectivity index (χ0v) is 10.4. The van der Waals surface area contributed by atoms with Crippen LogP contribution in [0.5, 0.6) is 0 Å². The molecule has 1 aromatic rings. The van der Waals surface area contributed by atoms with Crippen molar-refractivity contribution < 1.29 is 4.39 Å². The Bertz CT molecular complexity index is 375. The molecule has 94 valence electrons. The Labute approximate surface area is 106 Å². The van der Waals surface area contributed by atoms with Gasteiger partial charge in [0, 0.05) is 36.9 Å². The minimum atomic E-state index is -0.671. The number of nitrogens with two attached hydrogens (primary N) is 1. The van der Waals surface area contributed by atoms with Gasteiger partial charge in [0.1, 0.15) is 6.17 Å². The summed E-state index contributed by atoms with van der Waals surface area (Å²) >= 11 is 5.88. The third-order valence-corrected chi connectivity index (χ3v) is 3.33. The molecule has 0 spiro atoms. The molecule has 0 aliphatic carbocycles. The van der Waals surface area contributed by atoms with E-state index in [-0.39, 0.29) is 6.04 Å². The van der Waals surface area contributed by atoms with E-state index in [0.29, 0.717) is 18.0 Å². The molecular weight excluding hydrogens is 241 g/mol. The summed E-state index contributed by atoms with van der Waals surface area (Å²) in [5.74, 6) is 0. The maximum atomic E-state index is 13.0. The second-order valence-electron chi connectivity index (χ2n) is 4.48. The molecule has 17 heavy (non-hydrogen) atoms. The van der Waals surface area contributed by atoms with E-state index in [2.05, 4.69) is 9.88 Å². The summed E-state index contributed by atoms with van der Waals surface area (Å²) in [6.45, 7) is 2.18. The molecule has 1 aliphatic heterocycles. The van der Waals surface area contributed by atoms with Gasteiger partial charge in [-0.3, -0.25) is 4.98 Å². The second-order valence-corrected chi connectivity index (χ2v) is 4.92. The normalized spacial score (nSPS) is 22.9. The summed E-state index contributed by atoms with van der Waals surface area (Å²) < 4.78 is 13.0. The van der Waals surface area contributed by atoms with Crippen molar-refractivity contribution in [2.45, 2.75) is 25.1 Å². The Hall–Kier alpha value is -0.710.